The molecule has 52 heavy (non-hydrogen) atoms. The van der Waals surface area contributed by atoms with Crippen LogP contribution in [0.25, 0.3) is 0 Å². The highest BCUT2D eigenvalue weighted by molar-refractivity contribution is 6.42. The van der Waals surface area contributed by atoms with Crippen molar-refractivity contribution in [3.8, 4) is 0 Å². The van der Waals surface area contributed by atoms with Gasteiger partial charge >= 0.3 is 0 Å². The van der Waals surface area contributed by atoms with Crippen molar-refractivity contribution >= 4 is 23.2 Å². The molecule has 0 aliphatic carbocycles. The molecule has 0 radical (unpaired) electrons. The zero-order chi connectivity index (χ0) is 36.0. The molecule has 3 nitrogen and oxygen atoms in total. The van der Waals surface area contributed by atoms with Crippen molar-refractivity contribution in [2.45, 2.75) is 75.9 Å². The minimum absolute atomic E-state index is 0.0613. The van der Waals surface area contributed by atoms with Gasteiger partial charge in [0.05, 0.1) is 21.7 Å². The first-order valence-electron chi connectivity index (χ1n) is 19.4. The lowest BCUT2D eigenvalue weighted by Crippen LogP contribution is -2.55. The van der Waals surface area contributed by atoms with Gasteiger partial charge in [-0.05, 0) is 104 Å². The van der Waals surface area contributed by atoms with Crippen LogP contribution in [0.1, 0.15) is 85.6 Å². The monoisotopic (exact) mass is 731 g/mol. The van der Waals surface area contributed by atoms with Crippen molar-refractivity contribution in [1.82, 2.24) is 15.5 Å². The van der Waals surface area contributed by atoms with Crippen molar-refractivity contribution in [2.75, 3.05) is 26.2 Å². The molecule has 1 aliphatic rings. The van der Waals surface area contributed by atoms with Crippen molar-refractivity contribution in [1.29, 1.82) is 0 Å². The molecule has 0 saturated carbocycles. The summed E-state index contributed by atoms with van der Waals surface area (Å²) in [5, 5.41) is 9.59. The molecule has 2 unspecified atom stereocenters. The Morgan fingerprint density at radius 3 is 1.77 bits per heavy atom. The second-order valence-electron chi connectivity index (χ2n) is 14.6. The van der Waals surface area contributed by atoms with Crippen LogP contribution in [0.15, 0.2) is 140 Å². The van der Waals surface area contributed by atoms with Gasteiger partial charge < -0.3 is 10.2 Å². The third-order valence-corrected chi connectivity index (χ3v) is 11.7. The van der Waals surface area contributed by atoms with E-state index in [0.29, 0.717) is 10.0 Å². The van der Waals surface area contributed by atoms with Crippen molar-refractivity contribution in [3.63, 3.8) is 0 Å². The fourth-order valence-corrected chi connectivity index (χ4v) is 8.34. The van der Waals surface area contributed by atoms with Gasteiger partial charge in [0.25, 0.3) is 0 Å². The number of nitrogens with one attached hydrogen (secondary N) is 2. The molecule has 0 aromatic heterocycles. The van der Waals surface area contributed by atoms with Crippen LogP contribution in [0.2, 0.25) is 10.0 Å². The van der Waals surface area contributed by atoms with E-state index >= 15 is 0 Å². The molecule has 5 aromatic rings. The predicted molar refractivity (Wildman–Crippen MR) is 221 cm³/mol. The summed E-state index contributed by atoms with van der Waals surface area (Å²) in [5.74, 6) is 1.05. The second kappa shape index (κ2) is 19.6. The van der Waals surface area contributed by atoms with Gasteiger partial charge in [-0.3, -0.25) is 5.32 Å². The van der Waals surface area contributed by atoms with E-state index in [0.717, 1.165) is 51.4 Å². The fourth-order valence-electron chi connectivity index (χ4n) is 8.04. The highest BCUT2D eigenvalue weighted by Gasteiger charge is 2.38. The Labute approximate surface area is 322 Å². The quantitative estimate of drug-likeness (QED) is 0.0534. The Morgan fingerprint density at radius 1 is 0.673 bits per heavy atom. The Balaban J connectivity index is 1.23. The molecule has 6 rings (SSSR count). The summed E-state index contributed by atoms with van der Waals surface area (Å²) in [7, 11) is 0. The zero-order valence-corrected chi connectivity index (χ0v) is 32.2. The first-order chi connectivity index (χ1) is 25.5. The van der Waals surface area contributed by atoms with Crippen LogP contribution in [0.3, 0.4) is 0 Å². The van der Waals surface area contributed by atoms with Crippen LogP contribution in [0.5, 0.6) is 0 Å². The number of halogens is 2. The van der Waals surface area contributed by atoms with Crippen LogP contribution in [-0.4, -0.2) is 37.2 Å². The van der Waals surface area contributed by atoms with E-state index in [2.05, 4.69) is 156 Å². The molecule has 0 spiro atoms. The minimum atomic E-state index is -0.545. The molecule has 272 valence electrons. The van der Waals surface area contributed by atoms with Crippen LogP contribution >= 0.6 is 23.2 Å². The average Bonchev–Trinajstić information content (AvgIpc) is 3.20. The van der Waals surface area contributed by atoms with Crippen molar-refractivity contribution in [2.24, 2.45) is 5.92 Å². The Morgan fingerprint density at radius 2 is 1.23 bits per heavy atom. The van der Waals surface area contributed by atoms with E-state index in [1.54, 1.807) is 0 Å². The van der Waals surface area contributed by atoms with E-state index in [1.807, 2.05) is 6.07 Å². The predicted octanol–water partition coefficient (Wildman–Crippen LogP) is 11.5. The maximum absolute atomic E-state index is 6.65. The lowest BCUT2D eigenvalue weighted by Gasteiger charge is -2.41. The summed E-state index contributed by atoms with van der Waals surface area (Å²) in [6.45, 7) is 6.51. The topological polar surface area (TPSA) is 27.3 Å². The molecular formula is C47H55Cl2N3. The SMILES string of the molecule is CCCCCC(NCC(CCN1CCC(Cc2ccccc2)CC1)c1ccc(Cl)c(Cl)c1)NC(c1ccccc1)(c1ccccc1)c1ccccc1. The Bertz CT molecular complexity index is 1650. The van der Waals surface area contributed by atoms with E-state index in [4.69, 9.17) is 23.2 Å². The molecule has 5 heteroatoms. The number of benzene rings is 5. The molecule has 1 aliphatic heterocycles. The summed E-state index contributed by atoms with van der Waals surface area (Å²) in [5.41, 5.74) is 5.85. The summed E-state index contributed by atoms with van der Waals surface area (Å²) in [4.78, 5) is 2.67. The minimum Gasteiger partial charge on any atom is -0.303 e. The first kappa shape index (κ1) is 38.3. The van der Waals surface area contributed by atoms with E-state index in [1.165, 1.54) is 59.9 Å². The van der Waals surface area contributed by atoms with Gasteiger partial charge in [0, 0.05) is 6.54 Å². The molecule has 2 atom stereocenters. The standard InChI is InChI=1S/C47H55Cl2N3/c1-2-3-8-25-46(51-47(41-19-11-5-12-20-41,42-21-13-6-14-22-42)43-23-15-7-16-24-43)50-36-40(39-26-27-44(48)45(49)35-39)30-33-52-31-28-38(29-32-52)34-37-17-9-4-10-18-37/h4-7,9-24,26-27,35,38,40,46,50-51H,2-3,8,25,28-34,36H2,1H3. The van der Waals surface area contributed by atoms with E-state index < -0.39 is 5.54 Å². The van der Waals surface area contributed by atoms with E-state index in [9.17, 15) is 0 Å². The number of unbranched alkanes of at least 4 members (excludes halogenated alkanes) is 2. The molecule has 2 N–H and O–H groups in total. The van der Waals surface area contributed by atoms with Gasteiger partial charge in [0.1, 0.15) is 0 Å². The number of likely N-dealkylation sites (tertiary alicyclic amines) is 1. The fraction of sp³-hybridized carbons (Fsp3) is 0.362. The van der Waals surface area contributed by atoms with Gasteiger partial charge in [0.15, 0.2) is 0 Å². The number of hydrogen-bond acceptors (Lipinski definition) is 3. The molecule has 1 saturated heterocycles. The van der Waals surface area contributed by atoms with Gasteiger partial charge in [-0.2, -0.15) is 0 Å². The largest absolute Gasteiger partial charge is 0.303 e. The number of nitrogens with zero attached hydrogens (tertiary/aromatic N) is 1. The number of hydrogen-bond donors (Lipinski definition) is 2. The molecule has 0 bridgehead atoms. The summed E-state index contributed by atoms with van der Waals surface area (Å²) >= 11 is 13.1. The lowest BCUT2D eigenvalue weighted by molar-refractivity contribution is 0.177. The van der Waals surface area contributed by atoms with Crippen LogP contribution in [0, 0.1) is 5.92 Å². The van der Waals surface area contributed by atoms with Gasteiger partial charge in [0.2, 0.25) is 0 Å². The summed E-state index contributed by atoms with van der Waals surface area (Å²) in [6, 6.07) is 50.0. The maximum atomic E-state index is 6.65. The molecular weight excluding hydrogens is 677 g/mol. The van der Waals surface area contributed by atoms with Gasteiger partial charge in [-0.15, -0.1) is 0 Å². The second-order valence-corrected chi connectivity index (χ2v) is 15.4. The third-order valence-electron chi connectivity index (χ3n) is 11.0. The molecule has 1 fully saturated rings. The van der Waals surface area contributed by atoms with Crippen molar-refractivity contribution < 1.29 is 0 Å². The highest BCUT2D eigenvalue weighted by Crippen LogP contribution is 2.38. The zero-order valence-electron chi connectivity index (χ0n) is 30.7. The Kier molecular flexibility index (Phi) is 14.4. The highest BCUT2D eigenvalue weighted by atomic mass is 35.5. The molecule has 1 heterocycles. The normalized spacial score (nSPS) is 15.4. The van der Waals surface area contributed by atoms with Gasteiger partial charge in [-0.25, -0.2) is 0 Å². The first-order valence-corrected chi connectivity index (χ1v) is 20.2. The van der Waals surface area contributed by atoms with Crippen LogP contribution in [-0.2, 0) is 12.0 Å². The van der Waals surface area contributed by atoms with Crippen LogP contribution < -0.4 is 10.6 Å². The number of rotatable bonds is 18. The third kappa shape index (κ3) is 10.2. The number of piperidine rings is 1. The summed E-state index contributed by atoms with van der Waals surface area (Å²) in [6.07, 6.45) is 9.36. The van der Waals surface area contributed by atoms with E-state index in [-0.39, 0.29) is 12.1 Å². The van der Waals surface area contributed by atoms with Crippen molar-refractivity contribution in [3.05, 3.63) is 177 Å². The molecule has 0 amide bonds. The van der Waals surface area contributed by atoms with Crippen LogP contribution in [0.4, 0.5) is 0 Å². The molecule has 5 aromatic carbocycles. The van der Waals surface area contributed by atoms with Gasteiger partial charge in [-0.1, -0.05) is 177 Å². The maximum Gasteiger partial charge on any atom is 0.0959 e. The smallest absolute Gasteiger partial charge is 0.0959 e. The Hall–Kier alpha value is -3.44. The average molecular weight is 733 g/mol. The lowest BCUT2D eigenvalue weighted by atomic mass is 9.76. The summed E-state index contributed by atoms with van der Waals surface area (Å²) < 4.78 is 0.